The molecule has 2 N–H and O–H groups in total. The van der Waals surface area contributed by atoms with Crippen molar-refractivity contribution < 1.29 is 9.53 Å². The monoisotopic (exact) mass is 326 g/mol. The van der Waals surface area contributed by atoms with Crippen LogP contribution in [0.15, 0.2) is 12.1 Å². The minimum absolute atomic E-state index is 0. The standard InChI is InChI=1S/C17H26N2O2.ClH/c1-11-9-12(2)15(13(3)10-11)5-6-19-17(20)16-14(4)21-8-7-18-16;/h9-10,14,16,18H,5-8H2,1-4H3,(H,19,20);1H/t14-,16+;/m1./s1. The van der Waals surface area contributed by atoms with Crippen LogP contribution in [0.2, 0.25) is 0 Å². The molecule has 1 aliphatic rings. The second-order valence-electron chi connectivity index (χ2n) is 5.93. The molecule has 1 aliphatic heterocycles. The fourth-order valence-electron chi connectivity index (χ4n) is 3.05. The van der Waals surface area contributed by atoms with Crippen molar-refractivity contribution in [2.45, 2.75) is 46.3 Å². The van der Waals surface area contributed by atoms with E-state index in [4.69, 9.17) is 4.74 Å². The van der Waals surface area contributed by atoms with Gasteiger partial charge in [0.2, 0.25) is 5.91 Å². The lowest BCUT2D eigenvalue weighted by Crippen LogP contribution is -2.55. The molecule has 124 valence electrons. The number of morpholine rings is 1. The molecule has 1 aromatic rings. The van der Waals surface area contributed by atoms with Crippen molar-refractivity contribution >= 4 is 18.3 Å². The Labute approximate surface area is 139 Å². The Morgan fingerprint density at radius 1 is 1.32 bits per heavy atom. The Kier molecular flexibility index (Phi) is 7.33. The molecule has 4 nitrogen and oxygen atoms in total. The van der Waals surface area contributed by atoms with Gasteiger partial charge in [0.15, 0.2) is 0 Å². The van der Waals surface area contributed by atoms with E-state index in [1.54, 1.807) is 0 Å². The van der Waals surface area contributed by atoms with Crippen molar-refractivity contribution in [3.05, 3.63) is 34.4 Å². The summed E-state index contributed by atoms with van der Waals surface area (Å²) < 4.78 is 5.50. The van der Waals surface area contributed by atoms with Crippen LogP contribution in [-0.2, 0) is 16.0 Å². The third-order valence-electron chi connectivity index (χ3n) is 4.11. The van der Waals surface area contributed by atoms with E-state index in [1.165, 1.54) is 22.3 Å². The summed E-state index contributed by atoms with van der Waals surface area (Å²) in [6.45, 7) is 10.4. The highest BCUT2D eigenvalue weighted by Gasteiger charge is 2.27. The molecule has 0 aromatic heterocycles. The molecule has 0 aliphatic carbocycles. The quantitative estimate of drug-likeness (QED) is 0.890. The Balaban J connectivity index is 0.00000242. The van der Waals surface area contributed by atoms with Crippen LogP contribution >= 0.6 is 12.4 Å². The lowest BCUT2D eigenvalue weighted by molar-refractivity contribution is -0.128. The molecule has 1 heterocycles. The first-order valence-electron chi connectivity index (χ1n) is 7.68. The zero-order valence-corrected chi connectivity index (χ0v) is 14.7. The molecule has 0 radical (unpaired) electrons. The van der Waals surface area contributed by atoms with Gasteiger partial charge in [0, 0.05) is 13.1 Å². The number of amides is 1. The second-order valence-corrected chi connectivity index (χ2v) is 5.93. The Morgan fingerprint density at radius 3 is 2.55 bits per heavy atom. The third-order valence-corrected chi connectivity index (χ3v) is 4.11. The van der Waals surface area contributed by atoms with E-state index in [1.807, 2.05) is 6.92 Å². The van der Waals surface area contributed by atoms with Gasteiger partial charge in [0.1, 0.15) is 6.04 Å². The number of nitrogens with one attached hydrogen (secondary N) is 2. The highest BCUT2D eigenvalue weighted by Crippen LogP contribution is 2.16. The van der Waals surface area contributed by atoms with Gasteiger partial charge in [0.05, 0.1) is 12.7 Å². The predicted molar refractivity (Wildman–Crippen MR) is 91.8 cm³/mol. The fraction of sp³-hybridized carbons (Fsp3) is 0.588. The number of benzene rings is 1. The van der Waals surface area contributed by atoms with E-state index >= 15 is 0 Å². The van der Waals surface area contributed by atoms with Crippen molar-refractivity contribution in [2.24, 2.45) is 0 Å². The number of carbonyl (C=O) groups excluding carboxylic acids is 1. The van der Waals surface area contributed by atoms with Gasteiger partial charge in [-0.05, 0) is 50.8 Å². The third kappa shape index (κ3) is 4.70. The van der Waals surface area contributed by atoms with Gasteiger partial charge in [0.25, 0.3) is 0 Å². The highest BCUT2D eigenvalue weighted by atomic mass is 35.5. The zero-order chi connectivity index (χ0) is 15.4. The summed E-state index contributed by atoms with van der Waals surface area (Å²) in [5.41, 5.74) is 5.22. The summed E-state index contributed by atoms with van der Waals surface area (Å²) in [4.78, 5) is 12.2. The number of hydrogen-bond donors (Lipinski definition) is 2. The number of halogens is 1. The van der Waals surface area contributed by atoms with E-state index in [0.717, 1.165) is 13.0 Å². The van der Waals surface area contributed by atoms with E-state index in [9.17, 15) is 4.79 Å². The molecule has 1 aromatic carbocycles. The van der Waals surface area contributed by atoms with Gasteiger partial charge in [-0.1, -0.05) is 17.7 Å². The van der Waals surface area contributed by atoms with E-state index in [0.29, 0.717) is 13.2 Å². The number of carbonyl (C=O) groups is 1. The minimum Gasteiger partial charge on any atom is -0.375 e. The fourth-order valence-corrected chi connectivity index (χ4v) is 3.05. The molecule has 1 saturated heterocycles. The van der Waals surface area contributed by atoms with Crippen molar-refractivity contribution in [2.75, 3.05) is 19.7 Å². The maximum absolute atomic E-state index is 12.2. The minimum atomic E-state index is -0.237. The summed E-state index contributed by atoms with van der Waals surface area (Å²) >= 11 is 0. The van der Waals surface area contributed by atoms with Gasteiger partial charge in [-0.2, -0.15) is 0 Å². The highest BCUT2D eigenvalue weighted by molar-refractivity contribution is 5.85. The van der Waals surface area contributed by atoms with E-state index in [2.05, 4.69) is 43.5 Å². The topological polar surface area (TPSA) is 50.4 Å². The smallest absolute Gasteiger partial charge is 0.239 e. The summed E-state index contributed by atoms with van der Waals surface area (Å²) in [7, 11) is 0. The van der Waals surface area contributed by atoms with Gasteiger partial charge in [-0.15, -0.1) is 12.4 Å². The van der Waals surface area contributed by atoms with Crippen LogP contribution in [0.5, 0.6) is 0 Å². The Bertz CT molecular complexity index is 496. The predicted octanol–water partition coefficient (Wildman–Crippen LogP) is 2.07. The summed E-state index contributed by atoms with van der Waals surface area (Å²) in [5, 5.41) is 6.23. The zero-order valence-electron chi connectivity index (χ0n) is 13.9. The van der Waals surface area contributed by atoms with Crippen LogP contribution in [0.1, 0.15) is 29.2 Å². The number of aryl methyl sites for hydroxylation is 3. The van der Waals surface area contributed by atoms with Crippen LogP contribution in [-0.4, -0.2) is 37.7 Å². The molecule has 22 heavy (non-hydrogen) atoms. The first-order chi connectivity index (χ1) is 9.99. The molecular formula is C17H27ClN2O2. The van der Waals surface area contributed by atoms with Gasteiger partial charge < -0.3 is 15.4 Å². The van der Waals surface area contributed by atoms with Crippen LogP contribution in [0, 0.1) is 20.8 Å². The number of rotatable bonds is 4. The first kappa shape index (κ1) is 18.9. The van der Waals surface area contributed by atoms with Crippen LogP contribution in [0.4, 0.5) is 0 Å². The van der Waals surface area contributed by atoms with Crippen LogP contribution in [0.25, 0.3) is 0 Å². The van der Waals surface area contributed by atoms with Gasteiger partial charge >= 0.3 is 0 Å². The molecule has 0 bridgehead atoms. The average Bonchev–Trinajstić information content (AvgIpc) is 2.42. The molecule has 1 amide bonds. The SMILES string of the molecule is Cc1cc(C)c(CCNC(=O)[C@H]2NCCO[C@@H]2C)c(C)c1.Cl. The normalized spacial score (nSPS) is 21.1. The molecular weight excluding hydrogens is 300 g/mol. The maximum atomic E-state index is 12.2. The summed E-state index contributed by atoms with van der Waals surface area (Å²) in [5.74, 6) is 0.0321. The molecule has 0 spiro atoms. The number of hydrogen-bond acceptors (Lipinski definition) is 3. The van der Waals surface area contributed by atoms with E-state index < -0.39 is 0 Å². The Hall–Kier alpha value is -1.10. The van der Waals surface area contributed by atoms with Crippen molar-refractivity contribution in [1.82, 2.24) is 10.6 Å². The van der Waals surface area contributed by atoms with Crippen molar-refractivity contribution in [3.8, 4) is 0 Å². The molecule has 0 saturated carbocycles. The molecule has 0 unspecified atom stereocenters. The summed E-state index contributed by atoms with van der Waals surface area (Å²) in [6.07, 6.45) is 0.799. The number of ether oxygens (including phenoxy) is 1. The van der Waals surface area contributed by atoms with Crippen LogP contribution < -0.4 is 10.6 Å². The Morgan fingerprint density at radius 2 is 1.95 bits per heavy atom. The van der Waals surface area contributed by atoms with E-state index in [-0.39, 0.29) is 30.5 Å². The lowest BCUT2D eigenvalue weighted by atomic mass is 9.97. The largest absolute Gasteiger partial charge is 0.375 e. The van der Waals surface area contributed by atoms with Crippen molar-refractivity contribution in [3.63, 3.8) is 0 Å². The second kappa shape index (κ2) is 8.51. The first-order valence-corrected chi connectivity index (χ1v) is 7.68. The van der Waals surface area contributed by atoms with Gasteiger partial charge in [-0.25, -0.2) is 0 Å². The maximum Gasteiger partial charge on any atom is 0.239 e. The average molecular weight is 327 g/mol. The molecule has 2 rings (SSSR count). The molecule has 2 atom stereocenters. The van der Waals surface area contributed by atoms with Crippen molar-refractivity contribution in [1.29, 1.82) is 0 Å². The van der Waals surface area contributed by atoms with Gasteiger partial charge in [-0.3, -0.25) is 4.79 Å². The van der Waals surface area contributed by atoms with Crippen LogP contribution in [0.3, 0.4) is 0 Å². The summed E-state index contributed by atoms with van der Waals surface area (Å²) in [6, 6.07) is 4.16. The molecule has 5 heteroatoms. The molecule has 1 fully saturated rings. The lowest BCUT2D eigenvalue weighted by Gasteiger charge is -2.29.